The van der Waals surface area contributed by atoms with E-state index in [4.69, 9.17) is 0 Å². The van der Waals surface area contributed by atoms with E-state index in [9.17, 15) is 4.79 Å². The molecule has 0 unspecified atom stereocenters. The van der Waals surface area contributed by atoms with Gasteiger partial charge in [0.2, 0.25) is 0 Å². The predicted octanol–water partition coefficient (Wildman–Crippen LogP) is 3.34. The lowest BCUT2D eigenvalue weighted by molar-refractivity contribution is 0.0716. The van der Waals surface area contributed by atoms with E-state index in [1.165, 1.54) is 0 Å². The van der Waals surface area contributed by atoms with E-state index in [1.54, 1.807) is 0 Å². The summed E-state index contributed by atoms with van der Waals surface area (Å²) in [5, 5.41) is 3.21. The van der Waals surface area contributed by atoms with Crippen LogP contribution in [0.25, 0.3) is 0 Å². The Hall–Kier alpha value is -1.58. The van der Waals surface area contributed by atoms with Gasteiger partial charge < -0.3 is 10.2 Å². The van der Waals surface area contributed by atoms with Crippen LogP contribution in [-0.2, 0) is 6.42 Å². The van der Waals surface area contributed by atoms with Crippen LogP contribution in [0.5, 0.6) is 0 Å². The van der Waals surface area contributed by atoms with Crippen LogP contribution in [0.4, 0.5) is 5.82 Å². The number of aromatic nitrogens is 1. The smallest absolute Gasteiger partial charge is 0.254 e. The largest absolute Gasteiger partial charge is 0.370 e. The minimum absolute atomic E-state index is 0.0846. The van der Waals surface area contributed by atoms with E-state index in [0.29, 0.717) is 0 Å². The molecule has 0 aliphatic rings. The maximum atomic E-state index is 12.6. The van der Waals surface area contributed by atoms with Crippen LogP contribution in [0, 0.1) is 0 Å². The number of aryl methyl sites for hydroxylation is 1. The van der Waals surface area contributed by atoms with Gasteiger partial charge in [-0.05, 0) is 46.2 Å². The number of pyridine rings is 1. The summed E-state index contributed by atoms with van der Waals surface area (Å²) in [5.41, 5.74) is 1.71. The van der Waals surface area contributed by atoms with E-state index >= 15 is 0 Å². The SMILES string of the molecule is CCCc1cc(C(=O)N(CC)C(C)C)cc(NCC)n1. The first kappa shape index (κ1) is 16.5. The highest BCUT2D eigenvalue weighted by Crippen LogP contribution is 2.15. The quantitative estimate of drug-likeness (QED) is 0.831. The lowest BCUT2D eigenvalue weighted by atomic mass is 10.1. The molecule has 1 rings (SSSR count). The van der Waals surface area contributed by atoms with Gasteiger partial charge in [-0.2, -0.15) is 0 Å². The lowest BCUT2D eigenvalue weighted by Crippen LogP contribution is -2.36. The summed E-state index contributed by atoms with van der Waals surface area (Å²) in [6.07, 6.45) is 1.92. The summed E-state index contributed by atoms with van der Waals surface area (Å²) in [6, 6.07) is 3.99. The molecule has 0 spiro atoms. The Bertz CT molecular complexity index is 419. The van der Waals surface area contributed by atoms with Gasteiger partial charge in [0, 0.05) is 30.4 Å². The highest BCUT2D eigenvalue weighted by Gasteiger charge is 2.18. The number of carbonyl (C=O) groups is 1. The van der Waals surface area contributed by atoms with Crippen molar-refractivity contribution >= 4 is 11.7 Å². The maximum absolute atomic E-state index is 12.6. The number of carbonyl (C=O) groups excluding carboxylic acids is 1. The lowest BCUT2D eigenvalue weighted by Gasteiger charge is -2.25. The standard InChI is InChI=1S/C16H27N3O/c1-6-9-14-10-13(11-15(18-14)17-7-2)16(20)19(8-3)12(4)5/h10-12H,6-9H2,1-5H3,(H,17,18). The second-order valence-electron chi connectivity index (χ2n) is 5.20. The molecule has 0 atom stereocenters. The number of rotatable bonds is 7. The van der Waals surface area contributed by atoms with Gasteiger partial charge in [0.1, 0.15) is 5.82 Å². The molecule has 1 amide bonds. The van der Waals surface area contributed by atoms with E-state index < -0.39 is 0 Å². The molecule has 20 heavy (non-hydrogen) atoms. The third kappa shape index (κ3) is 4.22. The number of nitrogens with zero attached hydrogens (tertiary/aromatic N) is 2. The van der Waals surface area contributed by atoms with Gasteiger partial charge in [-0.15, -0.1) is 0 Å². The first-order chi connectivity index (χ1) is 9.53. The predicted molar refractivity (Wildman–Crippen MR) is 84.2 cm³/mol. The van der Waals surface area contributed by atoms with Crippen LogP contribution in [0.3, 0.4) is 0 Å². The number of hydrogen-bond acceptors (Lipinski definition) is 3. The molecule has 4 nitrogen and oxygen atoms in total. The maximum Gasteiger partial charge on any atom is 0.254 e. The monoisotopic (exact) mass is 277 g/mol. The van der Waals surface area contributed by atoms with E-state index in [2.05, 4.69) is 17.2 Å². The fourth-order valence-corrected chi connectivity index (χ4v) is 2.28. The first-order valence-electron chi connectivity index (χ1n) is 7.59. The Morgan fingerprint density at radius 2 is 2.00 bits per heavy atom. The highest BCUT2D eigenvalue weighted by atomic mass is 16.2. The Kier molecular flexibility index (Phi) is 6.49. The van der Waals surface area contributed by atoms with Crippen molar-refractivity contribution in [1.82, 2.24) is 9.88 Å². The van der Waals surface area contributed by atoms with Crippen molar-refractivity contribution < 1.29 is 4.79 Å². The Balaban J connectivity index is 3.11. The molecule has 1 aromatic rings. The van der Waals surface area contributed by atoms with Crippen LogP contribution in [-0.4, -0.2) is 34.9 Å². The first-order valence-corrected chi connectivity index (χ1v) is 7.59. The van der Waals surface area contributed by atoms with E-state index in [1.807, 2.05) is 44.7 Å². The molecule has 0 aliphatic carbocycles. The fourth-order valence-electron chi connectivity index (χ4n) is 2.28. The summed E-state index contributed by atoms with van der Waals surface area (Å²) in [6.45, 7) is 11.8. The van der Waals surface area contributed by atoms with Gasteiger partial charge >= 0.3 is 0 Å². The fraction of sp³-hybridized carbons (Fsp3) is 0.625. The number of nitrogens with one attached hydrogen (secondary N) is 1. The third-order valence-electron chi connectivity index (χ3n) is 3.21. The minimum Gasteiger partial charge on any atom is -0.370 e. The molecule has 0 saturated heterocycles. The van der Waals surface area contributed by atoms with Crippen molar-refractivity contribution in [3.8, 4) is 0 Å². The number of amides is 1. The third-order valence-corrected chi connectivity index (χ3v) is 3.21. The van der Waals surface area contributed by atoms with Gasteiger partial charge in [-0.25, -0.2) is 4.98 Å². The topological polar surface area (TPSA) is 45.2 Å². The van der Waals surface area contributed by atoms with Crippen LogP contribution >= 0.6 is 0 Å². The zero-order chi connectivity index (χ0) is 15.1. The molecule has 4 heteroatoms. The van der Waals surface area contributed by atoms with E-state index in [0.717, 1.165) is 43.0 Å². The van der Waals surface area contributed by atoms with Gasteiger partial charge in [-0.1, -0.05) is 13.3 Å². The molecular formula is C16H27N3O. The van der Waals surface area contributed by atoms with Gasteiger partial charge in [0.15, 0.2) is 0 Å². The Labute approximate surface area is 122 Å². The van der Waals surface area contributed by atoms with E-state index in [-0.39, 0.29) is 11.9 Å². The van der Waals surface area contributed by atoms with Crippen molar-refractivity contribution in [3.63, 3.8) is 0 Å². The summed E-state index contributed by atoms with van der Waals surface area (Å²) in [4.78, 5) is 19.0. The minimum atomic E-state index is 0.0846. The normalized spacial score (nSPS) is 10.7. The number of anilines is 1. The van der Waals surface area contributed by atoms with Gasteiger partial charge in [0.05, 0.1) is 0 Å². The van der Waals surface area contributed by atoms with Gasteiger partial charge in [-0.3, -0.25) is 4.79 Å². The number of hydrogen-bond donors (Lipinski definition) is 1. The summed E-state index contributed by atoms with van der Waals surface area (Å²) in [7, 11) is 0. The van der Waals surface area contributed by atoms with Crippen molar-refractivity contribution in [3.05, 3.63) is 23.4 Å². The second-order valence-corrected chi connectivity index (χ2v) is 5.20. The Morgan fingerprint density at radius 3 is 2.50 bits per heavy atom. The van der Waals surface area contributed by atoms with Crippen molar-refractivity contribution in [1.29, 1.82) is 0 Å². The molecule has 0 aromatic carbocycles. The zero-order valence-corrected chi connectivity index (χ0v) is 13.4. The van der Waals surface area contributed by atoms with Crippen molar-refractivity contribution in [2.75, 3.05) is 18.4 Å². The molecule has 1 heterocycles. The molecule has 1 aromatic heterocycles. The van der Waals surface area contributed by atoms with Crippen LogP contribution in [0.2, 0.25) is 0 Å². The molecule has 0 fully saturated rings. The molecule has 0 radical (unpaired) electrons. The van der Waals surface area contributed by atoms with Gasteiger partial charge in [0.25, 0.3) is 5.91 Å². The van der Waals surface area contributed by atoms with Crippen LogP contribution in [0.1, 0.15) is 57.1 Å². The van der Waals surface area contributed by atoms with Crippen molar-refractivity contribution in [2.45, 2.75) is 53.5 Å². The molecular weight excluding hydrogens is 250 g/mol. The highest BCUT2D eigenvalue weighted by molar-refractivity contribution is 5.95. The summed E-state index contributed by atoms with van der Waals surface area (Å²) < 4.78 is 0. The van der Waals surface area contributed by atoms with Crippen LogP contribution < -0.4 is 5.32 Å². The average molecular weight is 277 g/mol. The second kappa shape index (κ2) is 7.88. The van der Waals surface area contributed by atoms with Crippen molar-refractivity contribution in [2.24, 2.45) is 0 Å². The Morgan fingerprint density at radius 1 is 1.30 bits per heavy atom. The molecule has 112 valence electrons. The van der Waals surface area contributed by atoms with Crippen LogP contribution in [0.15, 0.2) is 12.1 Å². The average Bonchev–Trinajstić information content (AvgIpc) is 2.39. The molecule has 0 aliphatic heterocycles. The molecule has 0 saturated carbocycles. The molecule has 1 N–H and O–H groups in total. The summed E-state index contributed by atoms with van der Waals surface area (Å²) >= 11 is 0. The summed E-state index contributed by atoms with van der Waals surface area (Å²) in [5.74, 6) is 0.878. The zero-order valence-electron chi connectivity index (χ0n) is 13.4. The molecule has 0 bridgehead atoms.